The molecular weight excluding hydrogens is 254 g/mol. The molecule has 0 amide bonds. The van der Waals surface area contributed by atoms with Crippen molar-refractivity contribution in [3.63, 3.8) is 0 Å². The van der Waals surface area contributed by atoms with Crippen molar-refractivity contribution in [3.05, 3.63) is 32.1 Å². The SMILES string of the molecule is O=c1cc(Cl)[nH]c(=O)n1C1CCN2CCCC2C1. The third-order valence-electron chi connectivity index (χ3n) is 4.09. The number of hydrogen-bond donors (Lipinski definition) is 1. The summed E-state index contributed by atoms with van der Waals surface area (Å²) in [5, 5.41) is 0.111. The van der Waals surface area contributed by atoms with E-state index in [0.717, 1.165) is 25.9 Å². The van der Waals surface area contributed by atoms with Crippen LogP contribution in [0.5, 0.6) is 0 Å². The van der Waals surface area contributed by atoms with Crippen molar-refractivity contribution in [2.45, 2.75) is 37.8 Å². The Bertz CT molecular complexity index is 534. The van der Waals surface area contributed by atoms with Crippen molar-refractivity contribution in [2.24, 2.45) is 0 Å². The van der Waals surface area contributed by atoms with Crippen molar-refractivity contribution >= 4 is 11.6 Å². The lowest BCUT2D eigenvalue weighted by Crippen LogP contribution is -2.45. The van der Waals surface area contributed by atoms with Gasteiger partial charge in [0.05, 0.1) is 0 Å². The van der Waals surface area contributed by atoms with Crippen LogP contribution in [0.25, 0.3) is 0 Å². The van der Waals surface area contributed by atoms with E-state index in [1.807, 2.05) is 0 Å². The molecular formula is C12H16ClN3O2. The van der Waals surface area contributed by atoms with Gasteiger partial charge in [-0.15, -0.1) is 0 Å². The van der Waals surface area contributed by atoms with Crippen LogP contribution >= 0.6 is 11.6 Å². The second kappa shape index (κ2) is 4.55. The van der Waals surface area contributed by atoms with Crippen LogP contribution in [0, 0.1) is 0 Å². The average molecular weight is 270 g/mol. The van der Waals surface area contributed by atoms with E-state index < -0.39 is 0 Å². The van der Waals surface area contributed by atoms with Crippen molar-refractivity contribution in [1.82, 2.24) is 14.5 Å². The topological polar surface area (TPSA) is 58.1 Å². The number of aromatic nitrogens is 2. The molecule has 98 valence electrons. The Balaban J connectivity index is 1.92. The summed E-state index contributed by atoms with van der Waals surface area (Å²) >= 11 is 5.67. The zero-order valence-corrected chi connectivity index (χ0v) is 10.8. The first-order valence-corrected chi connectivity index (χ1v) is 6.78. The molecule has 2 atom stereocenters. The van der Waals surface area contributed by atoms with Gasteiger partial charge in [-0.05, 0) is 32.2 Å². The van der Waals surface area contributed by atoms with Crippen molar-refractivity contribution < 1.29 is 0 Å². The number of aromatic amines is 1. The number of halogens is 1. The Morgan fingerprint density at radius 2 is 2.06 bits per heavy atom. The lowest BCUT2D eigenvalue weighted by molar-refractivity contribution is 0.151. The first-order chi connectivity index (χ1) is 8.65. The second-order valence-corrected chi connectivity index (χ2v) is 5.55. The molecule has 5 nitrogen and oxygen atoms in total. The largest absolute Gasteiger partial charge is 0.329 e. The second-order valence-electron chi connectivity index (χ2n) is 5.14. The standard InChI is InChI=1S/C12H16ClN3O2/c13-10-7-11(17)16(12(18)14-10)9-3-5-15-4-1-2-8(15)6-9/h7-9H,1-6H2,(H,14,18). The molecule has 2 unspecified atom stereocenters. The molecule has 6 heteroatoms. The van der Waals surface area contributed by atoms with Gasteiger partial charge in [0.1, 0.15) is 5.15 Å². The van der Waals surface area contributed by atoms with E-state index in [1.54, 1.807) is 0 Å². The molecule has 2 saturated heterocycles. The minimum Gasteiger partial charge on any atom is -0.300 e. The Kier molecular flexibility index (Phi) is 3.03. The molecule has 1 aromatic rings. The molecule has 1 aromatic heterocycles. The molecule has 18 heavy (non-hydrogen) atoms. The van der Waals surface area contributed by atoms with Gasteiger partial charge < -0.3 is 4.90 Å². The lowest BCUT2D eigenvalue weighted by atomic mass is 9.97. The zero-order chi connectivity index (χ0) is 12.7. The molecule has 2 aliphatic heterocycles. The molecule has 2 aliphatic rings. The van der Waals surface area contributed by atoms with Gasteiger partial charge >= 0.3 is 5.69 Å². The van der Waals surface area contributed by atoms with Gasteiger partial charge in [-0.2, -0.15) is 0 Å². The minimum atomic E-state index is -0.385. The fourth-order valence-electron chi connectivity index (χ4n) is 3.26. The van der Waals surface area contributed by atoms with Crippen LogP contribution < -0.4 is 11.2 Å². The third-order valence-corrected chi connectivity index (χ3v) is 4.29. The summed E-state index contributed by atoms with van der Waals surface area (Å²) in [6.07, 6.45) is 4.16. The molecule has 3 rings (SSSR count). The van der Waals surface area contributed by atoms with Crippen LogP contribution in [0.2, 0.25) is 5.15 Å². The maximum absolute atomic E-state index is 11.9. The van der Waals surface area contributed by atoms with E-state index in [4.69, 9.17) is 11.6 Å². The lowest BCUT2D eigenvalue weighted by Gasteiger charge is -2.35. The summed E-state index contributed by atoms with van der Waals surface area (Å²) in [6.45, 7) is 2.13. The molecule has 2 fully saturated rings. The van der Waals surface area contributed by atoms with E-state index in [-0.39, 0.29) is 22.4 Å². The van der Waals surface area contributed by atoms with Gasteiger partial charge in [0.25, 0.3) is 5.56 Å². The molecule has 0 bridgehead atoms. The van der Waals surface area contributed by atoms with Gasteiger partial charge in [-0.1, -0.05) is 11.6 Å². The summed E-state index contributed by atoms with van der Waals surface area (Å²) < 4.78 is 1.33. The summed E-state index contributed by atoms with van der Waals surface area (Å²) in [4.78, 5) is 28.7. The number of nitrogens with one attached hydrogen (secondary N) is 1. The van der Waals surface area contributed by atoms with Crippen molar-refractivity contribution in [2.75, 3.05) is 13.1 Å². The Morgan fingerprint density at radius 3 is 2.83 bits per heavy atom. The highest BCUT2D eigenvalue weighted by molar-refractivity contribution is 6.29. The fraction of sp³-hybridized carbons (Fsp3) is 0.667. The predicted octanol–water partition coefficient (Wildman–Crippen LogP) is 0.989. The highest BCUT2D eigenvalue weighted by Crippen LogP contribution is 2.31. The average Bonchev–Trinajstić information content (AvgIpc) is 2.74. The summed E-state index contributed by atoms with van der Waals surface area (Å²) in [7, 11) is 0. The predicted molar refractivity (Wildman–Crippen MR) is 69.2 cm³/mol. The highest BCUT2D eigenvalue weighted by atomic mass is 35.5. The summed E-state index contributed by atoms with van der Waals surface area (Å²) in [5.41, 5.74) is -0.677. The van der Waals surface area contributed by atoms with E-state index in [1.165, 1.54) is 23.5 Å². The first-order valence-electron chi connectivity index (χ1n) is 6.40. The zero-order valence-electron chi connectivity index (χ0n) is 10.1. The molecule has 0 aliphatic carbocycles. The van der Waals surface area contributed by atoms with Crippen LogP contribution in [0.4, 0.5) is 0 Å². The number of nitrogens with zero attached hydrogens (tertiary/aromatic N) is 2. The van der Waals surface area contributed by atoms with Crippen molar-refractivity contribution in [1.29, 1.82) is 0 Å². The first kappa shape index (κ1) is 12.0. The summed E-state index contributed by atoms with van der Waals surface area (Å²) in [6, 6.07) is 1.83. The monoisotopic (exact) mass is 269 g/mol. The van der Waals surface area contributed by atoms with Gasteiger partial charge in [0.2, 0.25) is 0 Å². The van der Waals surface area contributed by atoms with Crippen LogP contribution in [0.15, 0.2) is 15.7 Å². The van der Waals surface area contributed by atoms with Crippen molar-refractivity contribution in [3.8, 4) is 0 Å². The maximum Gasteiger partial charge on any atom is 0.329 e. The van der Waals surface area contributed by atoms with Gasteiger partial charge in [-0.25, -0.2) is 4.79 Å². The third kappa shape index (κ3) is 2.01. The number of H-pyrrole nitrogens is 1. The van der Waals surface area contributed by atoms with Crippen LogP contribution in [-0.4, -0.2) is 33.6 Å². The normalized spacial score (nSPS) is 28.3. The molecule has 1 N–H and O–H groups in total. The van der Waals surface area contributed by atoms with Crippen LogP contribution in [0.1, 0.15) is 31.7 Å². The highest BCUT2D eigenvalue weighted by Gasteiger charge is 2.33. The quantitative estimate of drug-likeness (QED) is 0.774. The Morgan fingerprint density at radius 1 is 1.22 bits per heavy atom. The van der Waals surface area contributed by atoms with Gasteiger partial charge in [0, 0.05) is 24.7 Å². The molecule has 0 aromatic carbocycles. The number of piperidine rings is 1. The van der Waals surface area contributed by atoms with E-state index in [2.05, 4.69) is 9.88 Å². The molecule has 0 radical (unpaired) electrons. The van der Waals surface area contributed by atoms with Crippen LogP contribution in [0.3, 0.4) is 0 Å². The Hall–Kier alpha value is -1.07. The molecule has 3 heterocycles. The smallest absolute Gasteiger partial charge is 0.300 e. The minimum absolute atomic E-state index is 0.0119. The van der Waals surface area contributed by atoms with E-state index >= 15 is 0 Å². The van der Waals surface area contributed by atoms with Gasteiger partial charge in [0.15, 0.2) is 0 Å². The maximum atomic E-state index is 11.9. The van der Waals surface area contributed by atoms with Crippen LogP contribution in [-0.2, 0) is 0 Å². The molecule has 0 spiro atoms. The van der Waals surface area contributed by atoms with E-state index in [0.29, 0.717) is 6.04 Å². The van der Waals surface area contributed by atoms with Gasteiger partial charge in [-0.3, -0.25) is 14.3 Å². The number of rotatable bonds is 1. The molecule has 0 saturated carbocycles. The fourth-order valence-corrected chi connectivity index (χ4v) is 3.43. The summed E-state index contributed by atoms with van der Waals surface area (Å²) in [5.74, 6) is 0. The number of hydrogen-bond acceptors (Lipinski definition) is 3. The Labute approximate surface area is 109 Å². The number of fused-ring (bicyclic) bond motifs is 1. The van der Waals surface area contributed by atoms with E-state index in [9.17, 15) is 9.59 Å².